The molecule has 0 fully saturated rings. The Balaban J connectivity index is 2.64. The van der Waals surface area contributed by atoms with Crippen LogP contribution < -0.4 is 5.73 Å². The van der Waals surface area contributed by atoms with E-state index >= 15 is 0 Å². The highest BCUT2D eigenvalue weighted by Crippen LogP contribution is 2.35. The van der Waals surface area contributed by atoms with Crippen LogP contribution in [0.1, 0.15) is 9.67 Å². The van der Waals surface area contributed by atoms with Crippen molar-refractivity contribution in [2.75, 3.05) is 19.8 Å². The molecule has 0 radical (unpaired) electrons. The predicted octanol–water partition coefficient (Wildman–Crippen LogP) is 2.84. The first-order chi connectivity index (χ1) is 7.50. The molecule has 0 saturated heterocycles. The molecular weight excluding hydrogens is 244 g/mol. The zero-order valence-electron chi connectivity index (χ0n) is 8.95. The lowest BCUT2D eigenvalue weighted by atomic mass is 10.2. The van der Waals surface area contributed by atoms with Crippen molar-refractivity contribution >= 4 is 44.6 Å². The molecule has 5 heteroatoms. The lowest BCUT2D eigenvalue weighted by Crippen LogP contribution is -2.21. The van der Waals surface area contributed by atoms with Crippen LogP contribution in [0.25, 0.3) is 10.1 Å². The number of fused-ring (bicyclic) bond motifs is 1. The molecule has 0 aliphatic carbocycles. The van der Waals surface area contributed by atoms with Gasteiger partial charge in [0.1, 0.15) is 4.88 Å². The van der Waals surface area contributed by atoms with Crippen LogP contribution in [-0.4, -0.2) is 24.9 Å². The van der Waals surface area contributed by atoms with E-state index < -0.39 is 0 Å². The molecular formula is C11H11ClN2OS. The van der Waals surface area contributed by atoms with Gasteiger partial charge >= 0.3 is 0 Å². The summed E-state index contributed by atoms with van der Waals surface area (Å²) in [7, 11) is 3.41. The van der Waals surface area contributed by atoms with Gasteiger partial charge in [-0.3, -0.25) is 4.79 Å². The van der Waals surface area contributed by atoms with E-state index in [1.165, 1.54) is 16.2 Å². The first-order valence-electron chi connectivity index (χ1n) is 4.70. The minimum atomic E-state index is -0.0742. The summed E-state index contributed by atoms with van der Waals surface area (Å²) in [5.74, 6) is -0.0742. The number of nitrogens with zero attached hydrogens (tertiary/aromatic N) is 1. The maximum Gasteiger partial charge on any atom is 0.265 e. The summed E-state index contributed by atoms with van der Waals surface area (Å²) in [6.45, 7) is 0. The lowest BCUT2D eigenvalue weighted by Gasteiger charge is -2.08. The maximum absolute atomic E-state index is 11.8. The van der Waals surface area contributed by atoms with Gasteiger partial charge in [-0.15, -0.1) is 11.3 Å². The number of carbonyl (C=O) groups excluding carboxylic acids is 1. The molecule has 84 valence electrons. The van der Waals surface area contributed by atoms with Crippen molar-refractivity contribution < 1.29 is 4.79 Å². The number of rotatable bonds is 1. The highest BCUT2D eigenvalue weighted by molar-refractivity contribution is 7.21. The number of thiophene rings is 1. The monoisotopic (exact) mass is 254 g/mol. The summed E-state index contributed by atoms with van der Waals surface area (Å²) in [6.07, 6.45) is 0. The predicted molar refractivity (Wildman–Crippen MR) is 69.3 cm³/mol. The third-order valence-electron chi connectivity index (χ3n) is 2.29. The number of hydrogen-bond acceptors (Lipinski definition) is 3. The number of nitrogen functional groups attached to an aromatic ring is 1. The number of amides is 1. The first-order valence-corrected chi connectivity index (χ1v) is 5.89. The molecule has 3 nitrogen and oxygen atoms in total. The van der Waals surface area contributed by atoms with E-state index in [-0.39, 0.29) is 5.91 Å². The van der Waals surface area contributed by atoms with Crippen molar-refractivity contribution in [3.05, 3.63) is 28.1 Å². The Morgan fingerprint density at radius 1 is 1.44 bits per heavy atom. The summed E-state index contributed by atoms with van der Waals surface area (Å²) in [6, 6.07) is 5.44. The lowest BCUT2D eigenvalue weighted by molar-refractivity contribution is 0.0833. The largest absolute Gasteiger partial charge is 0.397 e. The number of benzene rings is 1. The summed E-state index contributed by atoms with van der Waals surface area (Å²) < 4.78 is 0.940. The topological polar surface area (TPSA) is 46.3 Å². The molecule has 0 saturated carbocycles. The highest BCUT2D eigenvalue weighted by Gasteiger charge is 2.17. The van der Waals surface area contributed by atoms with Gasteiger partial charge in [0.25, 0.3) is 5.91 Å². The normalized spacial score (nSPS) is 10.7. The van der Waals surface area contributed by atoms with Gasteiger partial charge in [-0.2, -0.15) is 0 Å². The molecule has 0 aliphatic heterocycles. The van der Waals surface area contributed by atoms with E-state index in [0.29, 0.717) is 15.6 Å². The van der Waals surface area contributed by atoms with Crippen LogP contribution in [0.5, 0.6) is 0 Å². The Labute approximate surface area is 102 Å². The second kappa shape index (κ2) is 3.96. The van der Waals surface area contributed by atoms with Crippen molar-refractivity contribution in [2.24, 2.45) is 0 Å². The molecule has 0 atom stereocenters. The first kappa shape index (κ1) is 11.2. The van der Waals surface area contributed by atoms with E-state index in [2.05, 4.69) is 0 Å². The molecule has 16 heavy (non-hydrogen) atoms. The van der Waals surface area contributed by atoms with Crippen LogP contribution in [0.15, 0.2) is 18.2 Å². The molecule has 1 heterocycles. The van der Waals surface area contributed by atoms with Crippen LogP contribution in [-0.2, 0) is 0 Å². The standard InChI is InChI=1S/C11H11ClN2OS/c1-14(2)11(15)10-9(13)7-4-3-6(12)5-8(7)16-10/h3-5H,13H2,1-2H3. The van der Waals surface area contributed by atoms with E-state index in [0.717, 1.165) is 10.1 Å². The van der Waals surface area contributed by atoms with E-state index in [9.17, 15) is 4.79 Å². The average molecular weight is 255 g/mol. The minimum Gasteiger partial charge on any atom is -0.397 e. The Kier molecular flexibility index (Phi) is 2.78. The van der Waals surface area contributed by atoms with Gasteiger partial charge in [-0.25, -0.2) is 0 Å². The molecule has 2 rings (SSSR count). The van der Waals surface area contributed by atoms with Crippen LogP contribution >= 0.6 is 22.9 Å². The smallest absolute Gasteiger partial charge is 0.265 e. The third kappa shape index (κ3) is 1.74. The zero-order valence-corrected chi connectivity index (χ0v) is 10.5. The van der Waals surface area contributed by atoms with Crippen molar-refractivity contribution in [1.82, 2.24) is 4.90 Å². The Hall–Kier alpha value is -1.26. The minimum absolute atomic E-state index is 0.0742. The fourth-order valence-electron chi connectivity index (χ4n) is 1.45. The summed E-state index contributed by atoms with van der Waals surface area (Å²) >= 11 is 7.27. The molecule has 2 N–H and O–H groups in total. The molecule has 0 aliphatic rings. The van der Waals surface area contributed by atoms with Gasteiger partial charge in [0.15, 0.2) is 0 Å². The molecule has 0 spiro atoms. The van der Waals surface area contributed by atoms with E-state index in [1.807, 2.05) is 12.1 Å². The number of hydrogen-bond donors (Lipinski definition) is 1. The van der Waals surface area contributed by atoms with Gasteiger partial charge in [0.05, 0.1) is 5.69 Å². The van der Waals surface area contributed by atoms with Crippen molar-refractivity contribution in [3.63, 3.8) is 0 Å². The summed E-state index contributed by atoms with van der Waals surface area (Å²) in [5, 5.41) is 1.54. The molecule has 0 unspecified atom stereocenters. The molecule has 0 bridgehead atoms. The fraction of sp³-hybridized carbons (Fsp3) is 0.182. The van der Waals surface area contributed by atoms with Crippen molar-refractivity contribution in [3.8, 4) is 0 Å². The number of anilines is 1. The second-order valence-electron chi connectivity index (χ2n) is 3.68. The maximum atomic E-state index is 11.8. The van der Waals surface area contributed by atoms with E-state index in [4.69, 9.17) is 17.3 Å². The van der Waals surface area contributed by atoms with Crippen LogP contribution in [0, 0.1) is 0 Å². The van der Waals surface area contributed by atoms with Gasteiger partial charge in [0.2, 0.25) is 0 Å². The summed E-state index contributed by atoms with van der Waals surface area (Å²) in [5.41, 5.74) is 6.48. The summed E-state index contributed by atoms with van der Waals surface area (Å²) in [4.78, 5) is 13.9. The van der Waals surface area contributed by atoms with Gasteiger partial charge in [0, 0.05) is 29.2 Å². The third-order valence-corrected chi connectivity index (χ3v) is 3.68. The quantitative estimate of drug-likeness (QED) is 0.851. The second-order valence-corrected chi connectivity index (χ2v) is 5.17. The fourth-order valence-corrected chi connectivity index (χ4v) is 2.87. The number of carbonyl (C=O) groups is 1. The van der Waals surface area contributed by atoms with Crippen LogP contribution in [0.2, 0.25) is 5.02 Å². The average Bonchev–Trinajstić information content (AvgIpc) is 2.54. The molecule has 2 aromatic rings. The number of nitrogens with two attached hydrogens (primary N) is 1. The van der Waals surface area contributed by atoms with Crippen molar-refractivity contribution in [1.29, 1.82) is 0 Å². The van der Waals surface area contributed by atoms with Crippen molar-refractivity contribution in [2.45, 2.75) is 0 Å². The molecule has 1 aromatic carbocycles. The number of halogens is 1. The zero-order chi connectivity index (χ0) is 11.9. The Bertz CT molecular complexity index is 562. The molecule has 1 amide bonds. The van der Waals surface area contributed by atoms with Crippen LogP contribution in [0.3, 0.4) is 0 Å². The van der Waals surface area contributed by atoms with Gasteiger partial charge in [-0.1, -0.05) is 11.6 Å². The van der Waals surface area contributed by atoms with Gasteiger partial charge in [-0.05, 0) is 18.2 Å². The van der Waals surface area contributed by atoms with E-state index in [1.54, 1.807) is 20.2 Å². The Morgan fingerprint density at radius 3 is 2.75 bits per heavy atom. The SMILES string of the molecule is CN(C)C(=O)c1sc2cc(Cl)ccc2c1N. The highest BCUT2D eigenvalue weighted by atomic mass is 35.5. The molecule has 1 aromatic heterocycles. The van der Waals surface area contributed by atoms with Crippen LogP contribution in [0.4, 0.5) is 5.69 Å². The van der Waals surface area contributed by atoms with Gasteiger partial charge < -0.3 is 10.6 Å². The Morgan fingerprint density at radius 2 is 2.12 bits per heavy atom.